The molecule has 7 heteroatoms. The lowest BCUT2D eigenvalue weighted by Gasteiger charge is -2.17. The number of methoxy groups -OCH3 is 1. The van der Waals surface area contributed by atoms with Gasteiger partial charge in [-0.1, -0.05) is 42.5 Å². The first kappa shape index (κ1) is 20.6. The minimum Gasteiger partial charge on any atom is -0.495 e. The van der Waals surface area contributed by atoms with Gasteiger partial charge in [0, 0.05) is 19.2 Å². The van der Waals surface area contributed by atoms with Gasteiger partial charge in [-0.25, -0.2) is 8.42 Å². The van der Waals surface area contributed by atoms with E-state index < -0.39 is 10.0 Å². The molecule has 0 fully saturated rings. The molecule has 3 aromatic rings. The number of hydrogen-bond donors (Lipinski definition) is 1. The Bertz CT molecular complexity index is 1080. The molecule has 0 atom stereocenters. The van der Waals surface area contributed by atoms with Crippen molar-refractivity contribution in [2.45, 2.75) is 11.4 Å². The van der Waals surface area contributed by atoms with Crippen LogP contribution in [-0.2, 0) is 16.6 Å². The summed E-state index contributed by atoms with van der Waals surface area (Å²) in [5, 5.41) is 2.81. The Morgan fingerprint density at radius 2 is 1.55 bits per heavy atom. The van der Waals surface area contributed by atoms with Gasteiger partial charge in [-0.05, 0) is 42.0 Å². The molecule has 0 heterocycles. The van der Waals surface area contributed by atoms with Crippen LogP contribution in [0.4, 0.5) is 5.69 Å². The van der Waals surface area contributed by atoms with E-state index >= 15 is 0 Å². The summed E-state index contributed by atoms with van der Waals surface area (Å²) in [6, 6.07) is 22.3. The average Bonchev–Trinajstić information content (AvgIpc) is 2.75. The lowest BCUT2D eigenvalue weighted by atomic mass is 10.1. The molecule has 3 rings (SSSR count). The third-order valence-electron chi connectivity index (χ3n) is 4.43. The van der Waals surface area contributed by atoms with Crippen LogP contribution in [0.5, 0.6) is 5.75 Å². The second-order valence-corrected chi connectivity index (χ2v) is 8.47. The van der Waals surface area contributed by atoms with Crippen LogP contribution in [0.1, 0.15) is 15.9 Å². The normalized spacial score (nSPS) is 11.3. The molecular weight excluding hydrogens is 388 g/mol. The van der Waals surface area contributed by atoms with E-state index in [9.17, 15) is 13.2 Å². The first-order chi connectivity index (χ1) is 13.9. The third kappa shape index (κ3) is 4.82. The SMILES string of the molecule is COc1ccccc1NC(=O)c1ccc(CN(C)S(=O)(=O)c2ccccc2)cc1. The van der Waals surface area contributed by atoms with Crippen molar-refractivity contribution in [3.05, 3.63) is 90.0 Å². The van der Waals surface area contributed by atoms with E-state index in [1.165, 1.54) is 11.4 Å². The number of sulfonamides is 1. The fraction of sp³-hybridized carbons (Fsp3) is 0.136. The molecule has 6 nitrogen and oxygen atoms in total. The van der Waals surface area contributed by atoms with Gasteiger partial charge in [-0.15, -0.1) is 0 Å². The van der Waals surface area contributed by atoms with Crippen LogP contribution in [0, 0.1) is 0 Å². The second-order valence-electron chi connectivity index (χ2n) is 6.43. The van der Waals surface area contributed by atoms with Crippen LogP contribution >= 0.6 is 0 Å². The fourth-order valence-electron chi connectivity index (χ4n) is 2.82. The number of hydrogen-bond acceptors (Lipinski definition) is 4. The fourth-order valence-corrected chi connectivity index (χ4v) is 4.00. The molecule has 150 valence electrons. The van der Waals surface area contributed by atoms with E-state index in [1.807, 2.05) is 12.1 Å². The number of nitrogens with zero attached hydrogens (tertiary/aromatic N) is 1. The maximum absolute atomic E-state index is 12.6. The summed E-state index contributed by atoms with van der Waals surface area (Å²) in [5.41, 5.74) is 1.83. The smallest absolute Gasteiger partial charge is 0.255 e. The number of ether oxygens (including phenoxy) is 1. The Balaban J connectivity index is 1.69. The largest absolute Gasteiger partial charge is 0.495 e. The number of para-hydroxylation sites is 2. The first-order valence-corrected chi connectivity index (χ1v) is 10.4. The van der Waals surface area contributed by atoms with E-state index in [0.29, 0.717) is 17.0 Å². The highest BCUT2D eigenvalue weighted by Gasteiger charge is 2.20. The van der Waals surface area contributed by atoms with Crippen molar-refractivity contribution < 1.29 is 17.9 Å². The van der Waals surface area contributed by atoms with Crippen molar-refractivity contribution in [2.75, 3.05) is 19.5 Å². The van der Waals surface area contributed by atoms with Gasteiger partial charge in [0.05, 0.1) is 17.7 Å². The van der Waals surface area contributed by atoms with Crippen LogP contribution in [0.15, 0.2) is 83.8 Å². The molecule has 0 aliphatic heterocycles. The summed E-state index contributed by atoms with van der Waals surface area (Å²) < 4.78 is 31.8. The Hall–Kier alpha value is -3.16. The highest BCUT2D eigenvalue weighted by atomic mass is 32.2. The van der Waals surface area contributed by atoms with Gasteiger partial charge in [-0.2, -0.15) is 4.31 Å². The Labute approximate surface area is 170 Å². The highest BCUT2D eigenvalue weighted by Crippen LogP contribution is 2.24. The predicted octanol–water partition coefficient (Wildman–Crippen LogP) is 3.77. The summed E-state index contributed by atoms with van der Waals surface area (Å²) in [6.07, 6.45) is 0. The zero-order chi connectivity index (χ0) is 20.9. The molecule has 0 spiro atoms. The monoisotopic (exact) mass is 410 g/mol. The minimum absolute atomic E-state index is 0.200. The summed E-state index contributed by atoms with van der Waals surface area (Å²) in [6.45, 7) is 0.200. The average molecular weight is 410 g/mol. The van der Waals surface area contributed by atoms with Crippen LogP contribution < -0.4 is 10.1 Å². The van der Waals surface area contributed by atoms with Gasteiger partial charge in [0.15, 0.2) is 0 Å². The van der Waals surface area contributed by atoms with E-state index in [1.54, 1.807) is 73.8 Å². The summed E-state index contributed by atoms with van der Waals surface area (Å²) in [4.78, 5) is 12.7. The maximum Gasteiger partial charge on any atom is 0.255 e. The molecule has 0 saturated heterocycles. The molecule has 0 aliphatic rings. The minimum atomic E-state index is -3.57. The molecule has 0 bridgehead atoms. The van der Waals surface area contributed by atoms with Crippen molar-refractivity contribution in [1.82, 2.24) is 4.31 Å². The van der Waals surface area contributed by atoms with Gasteiger partial charge in [0.25, 0.3) is 5.91 Å². The predicted molar refractivity (Wildman–Crippen MR) is 112 cm³/mol. The molecule has 1 amide bonds. The maximum atomic E-state index is 12.6. The molecule has 0 unspecified atom stereocenters. The third-order valence-corrected chi connectivity index (χ3v) is 6.25. The van der Waals surface area contributed by atoms with Crippen molar-refractivity contribution >= 4 is 21.6 Å². The number of nitrogens with one attached hydrogen (secondary N) is 1. The van der Waals surface area contributed by atoms with E-state index in [-0.39, 0.29) is 17.3 Å². The van der Waals surface area contributed by atoms with Crippen molar-refractivity contribution in [3.8, 4) is 5.75 Å². The Kier molecular flexibility index (Phi) is 6.31. The van der Waals surface area contributed by atoms with E-state index in [2.05, 4.69) is 5.32 Å². The van der Waals surface area contributed by atoms with Crippen LogP contribution in [-0.4, -0.2) is 32.8 Å². The number of carbonyl (C=O) groups excluding carboxylic acids is 1. The zero-order valence-electron chi connectivity index (χ0n) is 16.2. The lowest BCUT2D eigenvalue weighted by molar-refractivity contribution is 0.102. The van der Waals surface area contributed by atoms with Gasteiger partial charge in [0.2, 0.25) is 10.0 Å². The van der Waals surface area contributed by atoms with Gasteiger partial charge in [-0.3, -0.25) is 4.79 Å². The first-order valence-electron chi connectivity index (χ1n) is 8.96. The number of rotatable bonds is 7. The summed E-state index contributed by atoms with van der Waals surface area (Å²) in [7, 11) is -0.498. The summed E-state index contributed by atoms with van der Waals surface area (Å²) >= 11 is 0. The molecule has 1 N–H and O–H groups in total. The van der Waals surface area contributed by atoms with Crippen molar-refractivity contribution in [2.24, 2.45) is 0 Å². The van der Waals surface area contributed by atoms with Gasteiger partial charge < -0.3 is 10.1 Å². The van der Waals surface area contributed by atoms with Gasteiger partial charge >= 0.3 is 0 Å². The zero-order valence-corrected chi connectivity index (χ0v) is 17.0. The quantitative estimate of drug-likeness (QED) is 0.643. The Morgan fingerprint density at radius 1 is 0.931 bits per heavy atom. The molecule has 29 heavy (non-hydrogen) atoms. The summed E-state index contributed by atoms with van der Waals surface area (Å²) in [5.74, 6) is 0.302. The van der Waals surface area contributed by atoms with E-state index in [4.69, 9.17) is 4.74 Å². The molecular formula is C22H22N2O4S. The standard InChI is InChI=1S/C22H22N2O4S/c1-24(29(26,27)19-8-4-3-5-9-19)16-17-12-14-18(15-13-17)22(25)23-20-10-6-7-11-21(20)28-2/h3-15H,16H2,1-2H3,(H,23,25). The Morgan fingerprint density at radius 3 is 2.21 bits per heavy atom. The second kappa shape index (κ2) is 8.89. The van der Waals surface area contributed by atoms with Crippen molar-refractivity contribution in [1.29, 1.82) is 0 Å². The van der Waals surface area contributed by atoms with Crippen LogP contribution in [0.25, 0.3) is 0 Å². The number of carbonyl (C=O) groups is 1. The lowest BCUT2D eigenvalue weighted by Crippen LogP contribution is -2.26. The molecule has 0 aromatic heterocycles. The molecule has 0 radical (unpaired) electrons. The molecule has 0 aliphatic carbocycles. The van der Waals surface area contributed by atoms with Crippen LogP contribution in [0.2, 0.25) is 0 Å². The molecule has 3 aromatic carbocycles. The van der Waals surface area contributed by atoms with Gasteiger partial charge in [0.1, 0.15) is 5.75 Å². The van der Waals surface area contributed by atoms with Crippen LogP contribution in [0.3, 0.4) is 0 Å². The number of benzene rings is 3. The van der Waals surface area contributed by atoms with Crippen molar-refractivity contribution in [3.63, 3.8) is 0 Å². The highest BCUT2D eigenvalue weighted by molar-refractivity contribution is 7.89. The number of anilines is 1. The molecule has 0 saturated carbocycles. The topological polar surface area (TPSA) is 75.7 Å². The number of amides is 1. The van der Waals surface area contributed by atoms with E-state index in [0.717, 1.165) is 5.56 Å².